The molecule has 0 aromatic carbocycles. The van der Waals surface area contributed by atoms with Crippen LogP contribution in [0.3, 0.4) is 0 Å². The molecule has 0 atom stereocenters. The predicted octanol–water partition coefficient (Wildman–Crippen LogP) is 2.25. The van der Waals surface area contributed by atoms with E-state index in [1.807, 2.05) is 13.0 Å². The average molecular weight is 272 g/mol. The third kappa shape index (κ3) is 3.51. The quantitative estimate of drug-likeness (QED) is 0.808. The molecule has 1 aromatic rings. The molecule has 1 heterocycles. The van der Waals surface area contributed by atoms with E-state index in [0.29, 0.717) is 11.0 Å². The van der Waals surface area contributed by atoms with Crippen LogP contribution < -0.4 is 5.32 Å². The van der Waals surface area contributed by atoms with E-state index in [9.17, 15) is 0 Å². The first-order valence-corrected chi connectivity index (χ1v) is 5.51. The van der Waals surface area contributed by atoms with E-state index in [0.717, 1.165) is 23.4 Å². The number of hydrogen-bond donors (Lipinski definition) is 2. The second kappa shape index (κ2) is 5.70. The molecule has 1 rings (SSSR count). The number of nitrogens with zero attached hydrogens (tertiary/aromatic N) is 1. The summed E-state index contributed by atoms with van der Waals surface area (Å²) >= 11 is 3.14. The number of aromatic nitrogens is 1. The Morgan fingerprint density at radius 3 is 2.93 bits per heavy atom. The van der Waals surface area contributed by atoms with Crippen molar-refractivity contribution < 1.29 is 4.52 Å². The lowest BCUT2D eigenvalue weighted by Crippen LogP contribution is -2.03. The van der Waals surface area contributed by atoms with Crippen molar-refractivity contribution in [3.8, 4) is 0 Å². The van der Waals surface area contributed by atoms with E-state index in [4.69, 9.17) is 9.93 Å². The van der Waals surface area contributed by atoms with Gasteiger partial charge in [0.1, 0.15) is 10.4 Å². The Bertz CT molecular complexity index is 370. The molecule has 15 heavy (non-hydrogen) atoms. The Labute approximate surface area is 97.4 Å². The highest BCUT2D eigenvalue weighted by Gasteiger charge is 2.08. The Kier molecular flexibility index (Phi) is 4.55. The lowest BCUT2D eigenvalue weighted by molar-refractivity contribution is 0.384. The molecule has 0 aliphatic rings. The number of rotatable bonds is 5. The van der Waals surface area contributed by atoms with Crippen molar-refractivity contribution >= 4 is 20.6 Å². The van der Waals surface area contributed by atoms with Gasteiger partial charge in [0.25, 0.3) is 0 Å². The minimum absolute atomic E-state index is 0.353. The van der Waals surface area contributed by atoms with Gasteiger partial charge in [-0.05, 0) is 22.4 Å². The fraction of sp³-hybridized carbons (Fsp3) is 0.400. The standard InChI is InChI=1S/C10H14BrN3O/c1-3-8-5-9(15-14-8)4-7(6-13-2)10(11)12/h5-6,12-13H,3-4H2,1-2H3/b7-6-,12-10?. The largest absolute Gasteiger partial charge is 0.394 e. The van der Waals surface area contributed by atoms with Gasteiger partial charge in [0.2, 0.25) is 0 Å². The Balaban J connectivity index is 2.74. The van der Waals surface area contributed by atoms with Crippen molar-refractivity contribution in [2.45, 2.75) is 19.8 Å². The first-order chi connectivity index (χ1) is 7.17. The van der Waals surface area contributed by atoms with Crippen molar-refractivity contribution in [3.05, 3.63) is 29.3 Å². The van der Waals surface area contributed by atoms with Crippen LogP contribution in [0.25, 0.3) is 0 Å². The molecule has 0 radical (unpaired) electrons. The third-order valence-electron chi connectivity index (χ3n) is 1.94. The van der Waals surface area contributed by atoms with Crippen molar-refractivity contribution in [2.24, 2.45) is 0 Å². The maximum atomic E-state index is 7.50. The van der Waals surface area contributed by atoms with Crippen molar-refractivity contribution in [2.75, 3.05) is 7.05 Å². The summed E-state index contributed by atoms with van der Waals surface area (Å²) in [6.07, 6.45) is 3.20. The third-order valence-corrected chi connectivity index (χ3v) is 2.44. The molecule has 0 saturated carbocycles. The minimum Gasteiger partial charge on any atom is -0.394 e. The van der Waals surface area contributed by atoms with Crippen LogP contribution in [0.1, 0.15) is 18.4 Å². The summed E-state index contributed by atoms with van der Waals surface area (Å²) in [4.78, 5) is 0. The fourth-order valence-electron chi connectivity index (χ4n) is 1.16. The maximum Gasteiger partial charge on any atom is 0.141 e. The smallest absolute Gasteiger partial charge is 0.141 e. The molecule has 82 valence electrons. The first kappa shape index (κ1) is 12.0. The van der Waals surface area contributed by atoms with Crippen LogP contribution in [-0.4, -0.2) is 16.8 Å². The first-order valence-electron chi connectivity index (χ1n) is 4.72. The fourth-order valence-corrected chi connectivity index (χ4v) is 1.41. The van der Waals surface area contributed by atoms with Gasteiger partial charge in [-0.25, -0.2) is 0 Å². The van der Waals surface area contributed by atoms with Gasteiger partial charge < -0.3 is 9.84 Å². The highest BCUT2D eigenvalue weighted by Crippen LogP contribution is 2.13. The Morgan fingerprint density at radius 2 is 2.47 bits per heavy atom. The van der Waals surface area contributed by atoms with E-state index in [1.54, 1.807) is 13.2 Å². The normalized spacial score (nSPS) is 11.5. The van der Waals surface area contributed by atoms with Gasteiger partial charge in [-0.3, -0.25) is 5.41 Å². The molecular formula is C10H14BrN3O. The summed E-state index contributed by atoms with van der Waals surface area (Å²) in [6, 6.07) is 1.92. The van der Waals surface area contributed by atoms with Crippen LogP contribution in [0.15, 0.2) is 22.4 Å². The lowest BCUT2D eigenvalue weighted by atomic mass is 10.1. The average Bonchev–Trinajstić information content (AvgIpc) is 2.65. The van der Waals surface area contributed by atoms with Crippen molar-refractivity contribution in [1.29, 1.82) is 5.41 Å². The number of nitrogens with one attached hydrogen (secondary N) is 2. The summed E-state index contributed by atoms with van der Waals surface area (Å²) in [5.41, 5.74) is 1.77. The van der Waals surface area contributed by atoms with E-state index in [1.165, 1.54) is 0 Å². The summed E-state index contributed by atoms with van der Waals surface area (Å²) in [7, 11) is 1.80. The summed E-state index contributed by atoms with van der Waals surface area (Å²) in [5, 5.41) is 14.3. The molecule has 1 aromatic heterocycles. The number of allylic oxidation sites excluding steroid dienone is 1. The highest BCUT2D eigenvalue weighted by atomic mass is 79.9. The molecule has 2 N–H and O–H groups in total. The molecule has 0 amide bonds. The molecule has 0 spiro atoms. The van der Waals surface area contributed by atoms with Crippen molar-refractivity contribution in [1.82, 2.24) is 10.5 Å². The zero-order valence-corrected chi connectivity index (χ0v) is 10.4. The van der Waals surface area contributed by atoms with E-state index in [2.05, 4.69) is 26.4 Å². The topological polar surface area (TPSA) is 61.9 Å². The molecule has 4 nitrogen and oxygen atoms in total. The molecule has 5 heteroatoms. The molecule has 0 aliphatic carbocycles. The van der Waals surface area contributed by atoms with E-state index < -0.39 is 0 Å². The van der Waals surface area contributed by atoms with Crippen LogP contribution in [0, 0.1) is 5.41 Å². The van der Waals surface area contributed by atoms with Gasteiger partial charge in [0.15, 0.2) is 0 Å². The second-order valence-electron chi connectivity index (χ2n) is 3.09. The van der Waals surface area contributed by atoms with Gasteiger partial charge >= 0.3 is 0 Å². The number of halogens is 1. The monoisotopic (exact) mass is 271 g/mol. The van der Waals surface area contributed by atoms with E-state index in [-0.39, 0.29) is 0 Å². The summed E-state index contributed by atoms with van der Waals surface area (Å²) in [5.74, 6) is 0.776. The lowest BCUT2D eigenvalue weighted by Gasteiger charge is -2.00. The molecule has 0 bridgehead atoms. The SMILES string of the molecule is CCc1cc(C/C(=C/NC)C(=N)Br)on1. The molecule has 0 saturated heterocycles. The highest BCUT2D eigenvalue weighted by molar-refractivity contribution is 9.18. The molecule has 0 fully saturated rings. The van der Waals surface area contributed by atoms with Crippen LogP contribution in [0.5, 0.6) is 0 Å². The molecule has 0 unspecified atom stereocenters. The van der Waals surface area contributed by atoms with E-state index >= 15 is 0 Å². The van der Waals surface area contributed by atoms with Crippen LogP contribution in [0.4, 0.5) is 0 Å². The van der Waals surface area contributed by atoms with Crippen LogP contribution >= 0.6 is 15.9 Å². The summed E-state index contributed by atoms with van der Waals surface area (Å²) in [6.45, 7) is 2.03. The zero-order chi connectivity index (χ0) is 11.3. The number of hydrogen-bond acceptors (Lipinski definition) is 4. The predicted molar refractivity (Wildman–Crippen MR) is 63.4 cm³/mol. The van der Waals surface area contributed by atoms with Gasteiger partial charge in [0.05, 0.1) is 5.69 Å². The maximum absolute atomic E-state index is 7.50. The Morgan fingerprint density at radius 1 is 1.73 bits per heavy atom. The number of aryl methyl sites for hydroxylation is 1. The van der Waals surface area contributed by atoms with Crippen molar-refractivity contribution in [3.63, 3.8) is 0 Å². The van der Waals surface area contributed by atoms with Crippen LogP contribution in [0.2, 0.25) is 0 Å². The van der Waals surface area contributed by atoms with Gasteiger partial charge in [-0.15, -0.1) is 0 Å². The van der Waals surface area contributed by atoms with Gasteiger partial charge in [0, 0.05) is 31.3 Å². The zero-order valence-electron chi connectivity index (χ0n) is 8.80. The Hall–Kier alpha value is -1.10. The second-order valence-corrected chi connectivity index (χ2v) is 3.88. The van der Waals surface area contributed by atoms with Gasteiger partial charge in [-0.1, -0.05) is 12.1 Å². The molecule has 0 aliphatic heterocycles. The van der Waals surface area contributed by atoms with Gasteiger partial charge in [-0.2, -0.15) is 0 Å². The van der Waals surface area contributed by atoms with Crippen LogP contribution in [-0.2, 0) is 12.8 Å². The minimum atomic E-state index is 0.353. The summed E-state index contributed by atoms with van der Waals surface area (Å²) < 4.78 is 5.50. The molecular weight excluding hydrogens is 258 g/mol.